The summed E-state index contributed by atoms with van der Waals surface area (Å²) in [6.07, 6.45) is 1.68. The number of ether oxygens (including phenoxy) is 1. The lowest BCUT2D eigenvalue weighted by Crippen LogP contribution is -2.01. The molecule has 18 heavy (non-hydrogen) atoms. The molecule has 1 aromatic carbocycles. The summed E-state index contributed by atoms with van der Waals surface area (Å²) in [6, 6.07) is 2.96. The highest BCUT2D eigenvalue weighted by atomic mass is 79.9. The number of hydrogen-bond acceptors (Lipinski definition) is 4. The van der Waals surface area contributed by atoms with Crippen molar-refractivity contribution >= 4 is 44.6 Å². The van der Waals surface area contributed by atoms with Crippen molar-refractivity contribution < 1.29 is 9.13 Å². The fraction of sp³-hybridized carbons (Fsp3) is 0.182. The molecule has 2 rings (SSSR count). The summed E-state index contributed by atoms with van der Waals surface area (Å²) in [5, 5.41) is 3.09. The molecule has 7 heteroatoms. The van der Waals surface area contributed by atoms with E-state index in [2.05, 4.69) is 26.2 Å². The minimum atomic E-state index is -0.347. The molecule has 0 bridgehead atoms. The van der Waals surface area contributed by atoms with Crippen LogP contribution in [0.15, 0.2) is 22.8 Å². The first-order valence-corrected chi connectivity index (χ1v) is 6.96. The van der Waals surface area contributed by atoms with Crippen LogP contribution in [0.1, 0.15) is 4.88 Å². The van der Waals surface area contributed by atoms with E-state index in [0.29, 0.717) is 26.9 Å². The van der Waals surface area contributed by atoms with Crippen LogP contribution in [0, 0.1) is 5.82 Å². The van der Waals surface area contributed by atoms with Crippen LogP contribution in [0.2, 0.25) is 4.47 Å². The highest BCUT2D eigenvalue weighted by molar-refractivity contribution is 9.10. The summed E-state index contributed by atoms with van der Waals surface area (Å²) in [5.74, 6) is 0.222. The Morgan fingerprint density at radius 3 is 2.94 bits per heavy atom. The fourth-order valence-corrected chi connectivity index (χ4v) is 2.62. The van der Waals surface area contributed by atoms with Crippen LogP contribution in [-0.2, 0) is 6.54 Å². The number of halogens is 3. The molecule has 3 nitrogen and oxygen atoms in total. The van der Waals surface area contributed by atoms with Crippen molar-refractivity contribution in [3.05, 3.63) is 38.0 Å². The van der Waals surface area contributed by atoms with Crippen LogP contribution in [0.5, 0.6) is 5.75 Å². The predicted octanol–water partition coefficient (Wildman–Crippen LogP) is 4.32. The van der Waals surface area contributed by atoms with Crippen molar-refractivity contribution in [2.75, 3.05) is 12.4 Å². The van der Waals surface area contributed by atoms with E-state index >= 15 is 0 Å². The Balaban J connectivity index is 2.15. The Labute approximate surface area is 121 Å². The Hall–Kier alpha value is -0.850. The predicted molar refractivity (Wildman–Crippen MR) is 75.1 cm³/mol. The number of rotatable bonds is 4. The Bertz CT molecular complexity index is 564. The van der Waals surface area contributed by atoms with E-state index in [9.17, 15) is 4.39 Å². The Morgan fingerprint density at radius 1 is 1.56 bits per heavy atom. The van der Waals surface area contributed by atoms with Crippen LogP contribution in [0.25, 0.3) is 0 Å². The third-order valence-electron chi connectivity index (χ3n) is 2.22. The number of anilines is 1. The molecule has 1 N–H and O–H groups in total. The smallest absolute Gasteiger partial charge is 0.183 e. The third-order valence-corrected chi connectivity index (χ3v) is 3.94. The molecule has 2 aromatic rings. The fourth-order valence-electron chi connectivity index (χ4n) is 1.38. The molecule has 0 unspecified atom stereocenters. The Kier molecular flexibility index (Phi) is 4.42. The second kappa shape index (κ2) is 5.86. The number of nitrogens with zero attached hydrogens (tertiary/aromatic N) is 1. The van der Waals surface area contributed by atoms with Crippen molar-refractivity contribution in [2.24, 2.45) is 0 Å². The lowest BCUT2D eigenvalue weighted by Gasteiger charge is -2.11. The average Bonchev–Trinajstić information content (AvgIpc) is 2.76. The number of aromatic nitrogens is 1. The largest absolute Gasteiger partial charge is 0.495 e. The van der Waals surface area contributed by atoms with E-state index in [0.717, 1.165) is 4.88 Å². The zero-order valence-electron chi connectivity index (χ0n) is 9.34. The van der Waals surface area contributed by atoms with Gasteiger partial charge in [-0.3, -0.25) is 0 Å². The monoisotopic (exact) mass is 350 g/mol. The van der Waals surface area contributed by atoms with Crippen molar-refractivity contribution in [1.29, 1.82) is 0 Å². The van der Waals surface area contributed by atoms with Gasteiger partial charge in [-0.15, -0.1) is 11.3 Å². The van der Waals surface area contributed by atoms with Crippen molar-refractivity contribution in [2.45, 2.75) is 6.54 Å². The maximum absolute atomic E-state index is 13.5. The molecule has 0 atom stereocenters. The van der Waals surface area contributed by atoms with Gasteiger partial charge in [-0.1, -0.05) is 11.6 Å². The molecular formula is C11H9BrClFN2OS. The van der Waals surface area contributed by atoms with Crippen LogP contribution in [0.3, 0.4) is 0 Å². The first-order chi connectivity index (χ1) is 8.60. The zero-order valence-corrected chi connectivity index (χ0v) is 12.5. The molecule has 0 aliphatic rings. The lowest BCUT2D eigenvalue weighted by molar-refractivity contribution is 0.415. The Morgan fingerprint density at radius 2 is 2.33 bits per heavy atom. The van der Waals surface area contributed by atoms with Crippen LogP contribution in [-0.4, -0.2) is 12.1 Å². The molecule has 0 amide bonds. The average molecular weight is 352 g/mol. The zero-order chi connectivity index (χ0) is 13.1. The van der Waals surface area contributed by atoms with E-state index < -0.39 is 0 Å². The maximum Gasteiger partial charge on any atom is 0.183 e. The van der Waals surface area contributed by atoms with E-state index in [1.165, 1.54) is 24.5 Å². The van der Waals surface area contributed by atoms with Crippen molar-refractivity contribution in [3.8, 4) is 5.75 Å². The molecule has 1 heterocycles. The SMILES string of the molecule is COc1cc(Br)c(F)cc1NCc1cnc(Cl)s1. The van der Waals surface area contributed by atoms with Gasteiger partial charge in [0.1, 0.15) is 11.6 Å². The highest BCUT2D eigenvalue weighted by Gasteiger charge is 2.09. The number of thiazole rings is 1. The van der Waals surface area contributed by atoms with E-state index in [4.69, 9.17) is 16.3 Å². The number of nitrogens with one attached hydrogen (secondary N) is 1. The molecule has 0 aliphatic carbocycles. The number of methoxy groups -OCH3 is 1. The quantitative estimate of drug-likeness (QED) is 0.891. The minimum absolute atomic E-state index is 0.347. The second-order valence-corrected chi connectivity index (χ2v) is 5.95. The van der Waals surface area contributed by atoms with Crippen LogP contribution in [0.4, 0.5) is 10.1 Å². The molecule has 0 fully saturated rings. The standard InChI is InChI=1S/C11H9BrClFN2OS/c1-17-10-2-7(12)8(14)3-9(10)15-4-6-5-16-11(13)18-6/h2-3,5,15H,4H2,1H3. The highest BCUT2D eigenvalue weighted by Crippen LogP contribution is 2.31. The van der Waals surface area contributed by atoms with Gasteiger partial charge in [0.15, 0.2) is 4.47 Å². The molecule has 0 saturated carbocycles. The normalized spacial score (nSPS) is 10.4. The van der Waals surface area contributed by atoms with E-state index in [1.54, 1.807) is 12.3 Å². The molecule has 0 saturated heterocycles. The summed E-state index contributed by atoms with van der Waals surface area (Å²) >= 11 is 10.2. The van der Waals surface area contributed by atoms with Gasteiger partial charge in [-0.05, 0) is 22.0 Å². The van der Waals surface area contributed by atoms with E-state index in [-0.39, 0.29) is 5.82 Å². The first kappa shape index (κ1) is 13.6. The second-order valence-electron chi connectivity index (χ2n) is 3.40. The van der Waals surface area contributed by atoms with E-state index in [1.807, 2.05) is 0 Å². The molecule has 0 radical (unpaired) electrons. The maximum atomic E-state index is 13.5. The van der Waals surface area contributed by atoms with Crippen LogP contribution < -0.4 is 10.1 Å². The summed E-state index contributed by atoms with van der Waals surface area (Å²) in [5.41, 5.74) is 0.586. The molecular weight excluding hydrogens is 343 g/mol. The number of benzene rings is 1. The lowest BCUT2D eigenvalue weighted by atomic mass is 10.2. The topological polar surface area (TPSA) is 34.1 Å². The van der Waals surface area contributed by atoms with Gasteiger partial charge in [0.05, 0.1) is 23.8 Å². The molecule has 0 aliphatic heterocycles. The van der Waals surface area contributed by atoms with Gasteiger partial charge in [0.2, 0.25) is 0 Å². The summed E-state index contributed by atoms with van der Waals surface area (Å²) < 4.78 is 19.5. The minimum Gasteiger partial charge on any atom is -0.495 e. The summed E-state index contributed by atoms with van der Waals surface area (Å²) in [7, 11) is 1.54. The number of hydrogen-bond donors (Lipinski definition) is 1. The van der Waals surface area contributed by atoms with Gasteiger partial charge in [-0.25, -0.2) is 9.37 Å². The van der Waals surface area contributed by atoms with Gasteiger partial charge in [0.25, 0.3) is 0 Å². The van der Waals surface area contributed by atoms with Crippen molar-refractivity contribution in [1.82, 2.24) is 4.98 Å². The van der Waals surface area contributed by atoms with Gasteiger partial charge < -0.3 is 10.1 Å². The van der Waals surface area contributed by atoms with Gasteiger partial charge in [-0.2, -0.15) is 0 Å². The third kappa shape index (κ3) is 3.13. The van der Waals surface area contributed by atoms with Gasteiger partial charge >= 0.3 is 0 Å². The molecule has 0 spiro atoms. The molecule has 96 valence electrons. The van der Waals surface area contributed by atoms with Gasteiger partial charge in [0, 0.05) is 17.1 Å². The summed E-state index contributed by atoms with van der Waals surface area (Å²) in [4.78, 5) is 4.90. The van der Waals surface area contributed by atoms with Crippen LogP contribution >= 0.6 is 38.9 Å². The summed E-state index contributed by atoms with van der Waals surface area (Å²) in [6.45, 7) is 0.516. The first-order valence-electron chi connectivity index (χ1n) is 4.97. The molecule has 1 aromatic heterocycles. The van der Waals surface area contributed by atoms with Crippen molar-refractivity contribution in [3.63, 3.8) is 0 Å².